The minimum atomic E-state index is 0. The summed E-state index contributed by atoms with van der Waals surface area (Å²) < 4.78 is 0. The van der Waals surface area contributed by atoms with E-state index in [-0.39, 0.29) is 17.1 Å². The normalized spacial score (nSPS) is 8.59. The van der Waals surface area contributed by atoms with Gasteiger partial charge in [-0.15, -0.1) is 0 Å². The Balaban J connectivity index is 0.000000284. The number of aryl methyl sites for hydroxylation is 2. The molecule has 0 aliphatic rings. The van der Waals surface area contributed by atoms with Crippen LogP contribution in [0.2, 0.25) is 0 Å². The average Bonchev–Trinajstić information content (AvgIpc) is 2.28. The summed E-state index contributed by atoms with van der Waals surface area (Å²) >= 11 is 9.74. The number of benzene rings is 2. The maximum atomic E-state index is 4.87. The van der Waals surface area contributed by atoms with Crippen molar-refractivity contribution in [3.8, 4) is 0 Å². The van der Waals surface area contributed by atoms with Gasteiger partial charge in [0, 0.05) is 0 Å². The van der Waals surface area contributed by atoms with Crippen LogP contribution >= 0.6 is 0 Å². The van der Waals surface area contributed by atoms with Crippen molar-refractivity contribution in [3.63, 3.8) is 0 Å². The van der Waals surface area contributed by atoms with Crippen molar-refractivity contribution in [1.29, 1.82) is 0 Å². The van der Waals surface area contributed by atoms with E-state index in [1.165, 1.54) is 11.1 Å². The Morgan fingerprint density at radius 2 is 0.824 bits per heavy atom. The van der Waals surface area contributed by atoms with Crippen molar-refractivity contribution in [2.45, 2.75) is 23.6 Å². The summed E-state index contributed by atoms with van der Waals surface area (Å²) in [5, 5.41) is 0. The molecule has 0 atom stereocenters. The van der Waals surface area contributed by atoms with Crippen LogP contribution in [0, 0.1) is 13.8 Å². The first-order valence-corrected chi connectivity index (χ1v) is 5.87. The molecular formula is C14H14MnS2. The van der Waals surface area contributed by atoms with Crippen molar-refractivity contribution in [2.24, 2.45) is 0 Å². The second kappa shape index (κ2) is 8.48. The zero-order chi connectivity index (χ0) is 12.0. The first-order chi connectivity index (χ1) is 7.58. The van der Waals surface area contributed by atoms with Crippen molar-refractivity contribution >= 4 is 25.3 Å². The molecule has 0 bridgehead atoms. The predicted octanol–water partition coefficient (Wildman–Crippen LogP) is 3.80. The van der Waals surface area contributed by atoms with Gasteiger partial charge in [0.25, 0.3) is 0 Å². The molecule has 0 fully saturated rings. The second-order valence-electron chi connectivity index (χ2n) is 3.63. The van der Waals surface area contributed by atoms with Crippen LogP contribution in [0.15, 0.2) is 58.3 Å². The van der Waals surface area contributed by atoms with E-state index in [1.54, 1.807) is 0 Å². The van der Waals surface area contributed by atoms with Crippen LogP contribution in [0.3, 0.4) is 0 Å². The third kappa shape index (κ3) is 7.35. The van der Waals surface area contributed by atoms with Crippen LogP contribution in [0.1, 0.15) is 11.1 Å². The second-order valence-corrected chi connectivity index (χ2v) is 4.57. The maximum absolute atomic E-state index is 4.87. The topological polar surface area (TPSA) is 0 Å². The van der Waals surface area contributed by atoms with Crippen LogP contribution in [0.25, 0.3) is 0 Å². The summed E-state index contributed by atoms with van der Waals surface area (Å²) in [6.07, 6.45) is 0. The summed E-state index contributed by atoms with van der Waals surface area (Å²) in [6.45, 7) is 4.10. The van der Waals surface area contributed by atoms with Crippen molar-refractivity contribution < 1.29 is 17.1 Å². The van der Waals surface area contributed by atoms with Gasteiger partial charge in [0.2, 0.25) is 0 Å². The molecular weight excluding hydrogens is 287 g/mol. The van der Waals surface area contributed by atoms with Gasteiger partial charge in [-0.1, -0.05) is 59.7 Å². The third-order valence-corrected chi connectivity index (χ3v) is 2.59. The van der Waals surface area contributed by atoms with E-state index in [9.17, 15) is 0 Å². The smallest absolute Gasteiger partial charge is 0.780 e. The fraction of sp³-hybridized carbons (Fsp3) is 0.143. The van der Waals surface area contributed by atoms with E-state index in [1.807, 2.05) is 48.5 Å². The molecule has 0 aromatic heterocycles. The van der Waals surface area contributed by atoms with E-state index >= 15 is 0 Å². The molecule has 2 aromatic rings. The molecule has 0 unspecified atom stereocenters. The summed E-state index contributed by atoms with van der Waals surface area (Å²) in [5.41, 5.74) is 2.53. The average molecular weight is 301 g/mol. The van der Waals surface area contributed by atoms with Crippen LogP contribution in [0.4, 0.5) is 0 Å². The zero-order valence-electron chi connectivity index (χ0n) is 9.81. The van der Waals surface area contributed by atoms with Gasteiger partial charge >= 0.3 is 17.1 Å². The Morgan fingerprint density at radius 1 is 0.588 bits per heavy atom. The van der Waals surface area contributed by atoms with Crippen LogP contribution in [0.5, 0.6) is 0 Å². The molecule has 1 radical (unpaired) electrons. The summed E-state index contributed by atoms with van der Waals surface area (Å²) in [5.74, 6) is 0. The standard InChI is InChI=1S/2C7H8S.Mn/c2*1-6-2-4-7(8)5-3-6;/h2*2-5,8H,1H3;/q;;+2/p-2. The van der Waals surface area contributed by atoms with Crippen LogP contribution < -0.4 is 0 Å². The molecule has 0 saturated carbocycles. The van der Waals surface area contributed by atoms with Gasteiger partial charge < -0.3 is 25.3 Å². The molecule has 2 rings (SSSR count). The van der Waals surface area contributed by atoms with E-state index < -0.39 is 0 Å². The zero-order valence-corrected chi connectivity index (χ0v) is 12.6. The van der Waals surface area contributed by atoms with Gasteiger partial charge in [-0.2, -0.15) is 9.79 Å². The maximum Gasteiger partial charge on any atom is 2.00 e. The molecule has 17 heavy (non-hydrogen) atoms. The first kappa shape index (κ1) is 16.4. The van der Waals surface area contributed by atoms with E-state index in [4.69, 9.17) is 25.3 Å². The SMILES string of the molecule is Cc1ccc([S-])cc1.Cc1ccc([S-])cc1.[Mn+2]. The number of hydrogen-bond acceptors (Lipinski definition) is 2. The van der Waals surface area contributed by atoms with Crippen molar-refractivity contribution in [1.82, 2.24) is 0 Å². The fourth-order valence-electron chi connectivity index (χ4n) is 1.08. The van der Waals surface area contributed by atoms with Crippen LogP contribution in [-0.2, 0) is 42.3 Å². The van der Waals surface area contributed by atoms with Gasteiger partial charge in [-0.05, 0) is 13.8 Å². The third-order valence-electron chi connectivity index (χ3n) is 2.04. The molecule has 0 nitrogen and oxygen atoms in total. The molecule has 89 valence electrons. The quantitative estimate of drug-likeness (QED) is 0.536. The fourth-order valence-corrected chi connectivity index (χ4v) is 1.35. The largest absolute Gasteiger partial charge is 2.00 e. The van der Waals surface area contributed by atoms with Crippen molar-refractivity contribution in [3.05, 3.63) is 59.7 Å². The Morgan fingerprint density at radius 3 is 1.00 bits per heavy atom. The molecule has 0 amide bonds. The molecule has 0 aliphatic heterocycles. The summed E-state index contributed by atoms with van der Waals surface area (Å²) in [6, 6.07) is 15.8. The van der Waals surface area contributed by atoms with Gasteiger partial charge in [0.05, 0.1) is 0 Å². The first-order valence-electron chi connectivity index (χ1n) is 5.05. The Labute approximate surface area is 125 Å². The van der Waals surface area contributed by atoms with Gasteiger partial charge in [0.15, 0.2) is 0 Å². The van der Waals surface area contributed by atoms with Crippen LogP contribution in [-0.4, -0.2) is 0 Å². The summed E-state index contributed by atoms with van der Waals surface area (Å²) in [7, 11) is 0. The Bertz CT molecular complexity index is 335. The number of hydrogen-bond donors (Lipinski definition) is 0. The molecule has 2 aromatic carbocycles. The van der Waals surface area contributed by atoms with E-state index in [2.05, 4.69) is 13.8 Å². The minimum Gasteiger partial charge on any atom is -0.780 e. The van der Waals surface area contributed by atoms with E-state index in [0.29, 0.717) is 0 Å². The molecule has 0 aliphatic carbocycles. The molecule has 0 heterocycles. The Hall–Kier alpha value is -0.601. The molecule has 3 heteroatoms. The predicted molar refractivity (Wildman–Crippen MR) is 73.6 cm³/mol. The Kier molecular flexibility index (Phi) is 8.18. The van der Waals surface area contributed by atoms with Crippen molar-refractivity contribution in [2.75, 3.05) is 0 Å². The van der Waals surface area contributed by atoms with Gasteiger partial charge in [-0.25, -0.2) is 0 Å². The molecule has 0 N–H and O–H groups in total. The number of rotatable bonds is 0. The molecule has 0 spiro atoms. The van der Waals surface area contributed by atoms with Gasteiger partial charge in [-0.3, -0.25) is 0 Å². The monoisotopic (exact) mass is 301 g/mol. The van der Waals surface area contributed by atoms with E-state index in [0.717, 1.165) is 9.79 Å². The van der Waals surface area contributed by atoms with Gasteiger partial charge in [0.1, 0.15) is 0 Å². The summed E-state index contributed by atoms with van der Waals surface area (Å²) in [4.78, 5) is 1.83. The molecule has 0 saturated heterocycles. The minimum absolute atomic E-state index is 0.